The van der Waals surface area contributed by atoms with Crippen molar-refractivity contribution in [1.82, 2.24) is 0 Å². The Kier molecular flexibility index (Phi) is 58.8. The van der Waals surface area contributed by atoms with Crippen molar-refractivity contribution >= 4 is 0 Å². The van der Waals surface area contributed by atoms with Crippen LogP contribution in [0.4, 0.5) is 0 Å². The third-order valence-corrected chi connectivity index (χ3v) is 0. The first-order valence-electron chi connectivity index (χ1n) is 2.19. The zero-order valence-corrected chi connectivity index (χ0v) is 9.92. The molecule has 0 spiro atoms. The summed E-state index contributed by atoms with van der Waals surface area (Å²) in [5.74, 6) is 0. The summed E-state index contributed by atoms with van der Waals surface area (Å²) in [6.45, 7) is 0. The monoisotopic (exact) mass is 459 g/mol. The molecule has 0 aliphatic carbocycles. The van der Waals surface area contributed by atoms with Crippen molar-refractivity contribution in [3.8, 4) is 0 Å². The summed E-state index contributed by atoms with van der Waals surface area (Å²) >= 11 is 0. The van der Waals surface area contributed by atoms with Gasteiger partial charge >= 0.3 is 20.1 Å². The van der Waals surface area contributed by atoms with Gasteiger partial charge in [-0.2, -0.15) is 0 Å². The van der Waals surface area contributed by atoms with Gasteiger partial charge in [0.05, 0.1) is 20.3 Å². The van der Waals surface area contributed by atoms with Crippen molar-refractivity contribution in [3.63, 3.8) is 0 Å². The molecule has 0 saturated carbocycles. The van der Waals surface area contributed by atoms with Gasteiger partial charge in [0.15, 0.2) is 0 Å². The SMILES string of the molecule is O.O=[N+]([O-])[O-].O=[N+]([O-])[O-].O=[N+]([O-])[O-].O=[N+]([O-])[O-].[Ir+4]. The van der Waals surface area contributed by atoms with Crippen LogP contribution in [0.2, 0.25) is 0 Å². The molecule has 0 aromatic carbocycles. The van der Waals surface area contributed by atoms with Crippen LogP contribution in [0.3, 0.4) is 0 Å². The number of nitrogens with zero attached hydrogens (tertiary/aromatic N) is 4. The van der Waals surface area contributed by atoms with Crippen LogP contribution in [0.25, 0.3) is 0 Å². The molecule has 0 aliphatic rings. The van der Waals surface area contributed by atoms with E-state index >= 15 is 0 Å². The average Bonchev–Trinajstić information content (AvgIpc) is 1.76. The van der Waals surface area contributed by atoms with Crippen molar-refractivity contribution in [2.24, 2.45) is 0 Å². The van der Waals surface area contributed by atoms with Crippen LogP contribution in [-0.4, -0.2) is 25.8 Å². The molecular formula is H2IrN4O13. The predicted octanol–water partition coefficient (Wildman–Crippen LogP) is -1.78. The summed E-state index contributed by atoms with van der Waals surface area (Å²) < 4.78 is 0. The van der Waals surface area contributed by atoms with Crippen LogP contribution in [0.1, 0.15) is 0 Å². The molecule has 0 unspecified atom stereocenters. The fourth-order valence-electron chi connectivity index (χ4n) is 0. The van der Waals surface area contributed by atoms with Crippen molar-refractivity contribution in [3.05, 3.63) is 61.3 Å². The summed E-state index contributed by atoms with van der Waals surface area (Å²) in [6.07, 6.45) is 0. The molecule has 109 valence electrons. The molecule has 0 saturated heterocycles. The largest absolute Gasteiger partial charge is 4.00 e. The Bertz CT molecular complexity index is 159. The number of hydrogen-bond donors (Lipinski definition) is 0. The zero-order valence-electron chi connectivity index (χ0n) is 7.52. The Balaban J connectivity index is -0.0000000257. The smallest absolute Gasteiger partial charge is 0.412 e. The second-order valence-electron chi connectivity index (χ2n) is 0.894. The van der Waals surface area contributed by atoms with E-state index in [4.69, 9.17) is 61.3 Å². The molecule has 0 aromatic rings. The van der Waals surface area contributed by atoms with Gasteiger partial charge in [-0.3, -0.25) is 0 Å². The van der Waals surface area contributed by atoms with E-state index in [-0.39, 0.29) is 25.6 Å². The average molecular weight is 458 g/mol. The molecule has 0 aliphatic heterocycles. The van der Waals surface area contributed by atoms with E-state index in [1.807, 2.05) is 0 Å². The fourth-order valence-corrected chi connectivity index (χ4v) is 0. The normalized spacial score (nSPS) is 5.33. The second kappa shape index (κ2) is 29.3. The topological polar surface area (TPSA) is 296 Å². The van der Waals surface area contributed by atoms with Gasteiger partial charge in [-0.05, 0) is 0 Å². The van der Waals surface area contributed by atoms with Gasteiger partial charge in [-0.1, -0.05) is 0 Å². The molecule has 0 aromatic heterocycles. The Labute approximate surface area is 108 Å². The summed E-state index contributed by atoms with van der Waals surface area (Å²) in [6, 6.07) is 0. The number of hydrogen-bond acceptors (Lipinski definition) is 12. The van der Waals surface area contributed by atoms with Crippen LogP contribution >= 0.6 is 0 Å². The van der Waals surface area contributed by atoms with E-state index in [9.17, 15) is 0 Å². The van der Waals surface area contributed by atoms with Crippen molar-refractivity contribution in [1.29, 1.82) is 0 Å². The Morgan fingerprint density at radius 3 is 0.444 bits per heavy atom. The van der Waals surface area contributed by atoms with Crippen LogP contribution in [0.5, 0.6) is 0 Å². The van der Waals surface area contributed by atoms with Gasteiger partial charge in [0.25, 0.3) is 0 Å². The molecular weight excluding hydrogens is 456 g/mol. The first-order chi connectivity index (χ1) is 6.93. The minimum absolute atomic E-state index is 0. The Hall–Kier alpha value is -2.59. The molecule has 18 heteroatoms. The van der Waals surface area contributed by atoms with Gasteiger partial charge < -0.3 is 66.8 Å². The van der Waals surface area contributed by atoms with Gasteiger partial charge in [0, 0.05) is 0 Å². The first kappa shape index (κ1) is 36.1. The van der Waals surface area contributed by atoms with E-state index in [0.717, 1.165) is 0 Å². The van der Waals surface area contributed by atoms with Crippen molar-refractivity contribution < 1.29 is 45.9 Å². The molecule has 0 bridgehead atoms. The van der Waals surface area contributed by atoms with E-state index in [1.165, 1.54) is 0 Å². The molecule has 1 radical (unpaired) electrons. The minimum Gasteiger partial charge on any atom is -0.412 e. The quantitative estimate of drug-likeness (QED) is 0.287. The van der Waals surface area contributed by atoms with Crippen LogP contribution in [-0.2, 0) is 20.1 Å². The summed E-state index contributed by atoms with van der Waals surface area (Å²) in [5.41, 5.74) is 0. The third kappa shape index (κ3) is 308. The number of rotatable bonds is 0. The molecule has 18 heavy (non-hydrogen) atoms. The Morgan fingerprint density at radius 2 is 0.444 bits per heavy atom. The van der Waals surface area contributed by atoms with Gasteiger partial charge in [0.1, 0.15) is 0 Å². The maximum atomic E-state index is 8.25. The van der Waals surface area contributed by atoms with Gasteiger partial charge in [0.2, 0.25) is 0 Å². The molecule has 17 nitrogen and oxygen atoms in total. The second-order valence-corrected chi connectivity index (χ2v) is 0.894. The van der Waals surface area contributed by atoms with E-state index in [2.05, 4.69) is 0 Å². The molecule has 0 atom stereocenters. The molecule has 2 N–H and O–H groups in total. The maximum Gasteiger partial charge on any atom is 4.00 e. The first-order valence-corrected chi connectivity index (χ1v) is 2.19. The van der Waals surface area contributed by atoms with Crippen LogP contribution in [0, 0.1) is 61.3 Å². The fraction of sp³-hybridized carbons (Fsp3) is 0. The predicted molar refractivity (Wildman–Crippen MR) is 45.1 cm³/mol. The molecule has 0 fully saturated rings. The summed E-state index contributed by atoms with van der Waals surface area (Å²) in [5, 5.41) is 59.0. The third-order valence-electron chi connectivity index (χ3n) is 0. The maximum absolute atomic E-state index is 8.25. The van der Waals surface area contributed by atoms with Crippen molar-refractivity contribution in [2.45, 2.75) is 0 Å². The zero-order chi connectivity index (χ0) is 14.3. The Morgan fingerprint density at radius 1 is 0.444 bits per heavy atom. The molecule has 0 rings (SSSR count). The summed E-state index contributed by atoms with van der Waals surface area (Å²) in [7, 11) is 0. The van der Waals surface area contributed by atoms with Gasteiger partial charge in [-0.15, -0.1) is 0 Å². The molecule has 0 amide bonds. The molecule has 0 heterocycles. The van der Waals surface area contributed by atoms with Gasteiger partial charge in [-0.25, -0.2) is 0 Å². The summed E-state index contributed by atoms with van der Waals surface area (Å²) in [4.78, 5) is 33.0. The van der Waals surface area contributed by atoms with E-state index in [1.54, 1.807) is 0 Å². The van der Waals surface area contributed by atoms with Crippen LogP contribution in [0.15, 0.2) is 0 Å². The van der Waals surface area contributed by atoms with E-state index < -0.39 is 20.3 Å². The van der Waals surface area contributed by atoms with E-state index in [0.29, 0.717) is 0 Å². The van der Waals surface area contributed by atoms with Crippen LogP contribution < -0.4 is 0 Å². The van der Waals surface area contributed by atoms with Crippen molar-refractivity contribution in [2.75, 3.05) is 0 Å². The minimum atomic E-state index is -1.75. The standard InChI is InChI=1S/Ir.4NO3.H2O/c;4*2-1(3)4;/h;;;;;1H2/q+4;4*-1;.